The first kappa shape index (κ1) is 13.6. The Balaban J connectivity index is 1.74. The Labute approximate surface area is 115 Å². The molecule has 2 rings (SSSR count). The number of para-hydroxylation sites is 1. The van der Waals surface area contributed by atoms with Crippen LogP contribution in [0.4, 0.5) is 5.69 Å². The lowest BCUT2D eigenvalue weighted by Gasteiger charge is -2.04. The number of carbonyl (C=O) groups is 2. The van der Waals surface area contributed by atoms with Crippen LogP contribution in [0, 0.1) is 0 Å². The van der Waals surface area contributed by atoms with Crippen LogP contribution in [0.1, 0.15) is 5.76 Å². The predicted octanol–water partition coefficient (Wildman–Crippen LogP) is 2.47. The van der Waals surface area contributed by atoms with Crippen molar-refractivity contribution in [1.29, 1.82) is 0 Å². The maximum Gasteiger partial charge on any atom is 0.331 e. The van der Waals surface area contributed by atoms with E-state index in [1.807, 2.05) is 6.07 Å². The van der Waals surface area contributed by atoms with Gasteiger partial charge in [0.25, 0.3) is 5.91 Å². The summed E-state index contributed by atoms with van der Waals surface area (Å²) in [4.78, 5) is 22.9. The fourth-order valence-corrected chi connectivity index (χ4v) is 1.44. The number of esters is 1. The number of benzene rings is 1. The molecule has 5 nitrogen and oxygen atoms in total. The van der Waals surface area contributed by atoms with Crippen LogP contribution in [0.2, 0.25) is 0 Å². The Kier molecular flexibility index (Phi) is 4.72. The molecule has 2 aromatic rings. The van der Waals surface area contributed by atoms with Crippen molar-refractivity contribution >= 4 is 23.6 Å². The molecule has 1 aromatic carbocycles. The Bertz CT molecular complexity index is 588. The van der Waals surface area contributed by atoms with Crippen molar-refractivity contribution in [2.75, 3.05) is 11.9 Å². The number of amides is 1. The summed E-state index contributed by atoms with van der Waals surface area (Å²) in [6.07, 6.45) is 4.17. The lowest BCUT2D eigenvalue weighted by atomic mass is 10.3. The molecule has 0 radical (unpaired) electrons. The van der Waals surface area contributed by atoms with Gasteiger partial charge in [0.1, 0.15) is 5.76 Å². The Morgan fingerprint density at radius 2 is 1.95 bits per heavy atom. The fraction of sp³-hybridized carbons (Fsp3) is 0.0667. The topological polar surface area (TPSA) is 68.5 Å². The number of furan rings is 1. The minimum Gasteiger partial charge on any atom is -0.465 e. The lowest BCUT2D eigenvalue weighted by molar-refractivity contribution is -0.142. The van der Waals surface area contributed by atoms with Crippen LogP contribution in [0.25, 0.3) is 6.08 Å². The summed E-state index contributed by atoms with van der Waals surface area (Å²) in [5, 5.41) is 2.61. The summed E-state index contributed by atoms with van der Waals surface area (Å²) in [5.74, 6) is -0.462. The first-order valence-electron chi connectivity index (χ1n) is 5.97. The standard InChI is InChI=1S/C15H13NO4/c17-14(16-12-5-2-1-3-6-12)11-20-15(18)9-8-13-7-4-10-19-13/h1-10H,11H2,(H,16,17)/b9-8+. The van der Waals surface area contributed by atoms with Crippen LogP contribution < -0.4 is 5.32 Å². The van der Waals surface area contributed by atoms with Gasteiger partial charge in [-0.25, -0.2) is 4.79 Å². The molecule has 1 amide bonds. The predicted molar refractivity (Wildman–Crippen MR) is 73.8 cm³/mol. The summed E-state index contributed by atoms with van der Waals surface area (Å²) < 4.78 is 9.81. The normalized spacial score (nSPS) is 10.4. The van der Waals surface area contributed by atoms with Gasteiger partial charge in [-0.2, -0.15) is 0 Å². The highest BCUT2D eigenvalue weighted by Gasteiger charge is 2.05. The second-order valence-corrected chi connectivity index (χ2v) is 3.87. The molecule has 0 bridgehead atoms. The molecule has 1 aromatic heterocycles. The second-order valence-electron chi connectivity index (χ2n) is 3.87. The third-order valence-corrected chi connectivity index (χ3v) is 2.33. The van der Waals surface area contributed by atoms with Crippen molar-refractivity contribution in [1.82, 2.24) is 0 Å². The fourth-order valence-electron chi connectivity index (χ4n) is 1.44. The SMILES string of the molecule is O=C(COC(=O)/C=C/c1ccco1)Nc1ccccc1. The summed E-state index contributed by atoms with van der Waals surface area (Å²) in [7, 11) is 0. The number of ether oxygens (including phenoxy) is 1. The average Bonchev–Trinajstić information content (AvgIpc) is 2.97. The van der Waals surface area contributed by atoms with Gasteiger partial charge in [-0.3, -0.25) is 4.79 Å². The second kappa shape index (κ2) is 6.94. The maximum absolute atomic E-state index is 11.5. The van der Waals surface area contributed by atoms with Crippen LogP contribution in [0.15, 0.2) is 59.2 Å². The molecule has 0 atom stereocenters. The van der Waals surface area contributed by atoms with Gasteiger partial charge in [-0.15, -0.1) is 0 Å². The van der Waals surface area contributed by atoms with E-state index in [0.29, 0.717) is 11.4 Å². The largest absolute Gasteiger partial charge is 0.465 e. The first-order valence-corrected chi connectivity index (χ1v) is 5.97. The van der Waals surface area contributed by atoms with E-state index in [0.717, 1.165) is 0 Å². The smallest absolute Gasteiger partial charge is 0.331 e. The quantitative estimate of drug-likeness (QED) is 0.670. The van der Waals surface area contributed by atoms with Gasteiger partial charge in [0.15, 0.2) is 6.61 Å². The van der Waals surface area contributed by atoms with E-state index in [1.165, 1.54) is 18.4 Å². The molecule has 0 aliphatic carbocycles. The van der Waals surface area contributed by atoms with Gasteiger partial charge in [-0.05, 0) is 30.3 Å². The van der Waals surface area contributed by atoms with E-state index in [9.17, 15) is 9.59 Å². The lowest BCUT2D eigenvalue weighted by Crippen LogP contribution is -2.20. The number of hydrogen-bond acceptors (Lipinski definition) is 4. The van der Waals surface area contributed by atoms with E-state index < -0.39 is 11.9 Å². The third-order valence-electron chi connectivity index (χ3n) is 2.33. The molecule has 1 heterocycles. The number of carbonyl (C=O) groups excluding carboxylic acids is 2. The van der Waals surface area contributed by atoms with Gasteiger partial charge in [0.2, 0.25) is 0 Å². The van der Waals surface area contributed by atoms with Crippen LogP contribution in [-0.2, 0) is 14.3 Å². The first-order chi connectivity index (χ1) is 9.74. The maximum atomic E-state index is 11.5. The molecule has 5 heteroatoms. The van der Waals surface area contributed by atoms with Gasteiger partial charge in [0.05, 0.1) is 6.26 Å². The monoisotopic (exact) mass is 271 g/mol. The number of anilines is 1. The van der Waals surface area contributed by atoms with Crippen molar-refractivity contribution in [3.63, 3.8) is 0 Å². The van der Waals surface area contributed by atoms with Gasteiger partial charge >= 0.3 is 5.97 Å². The zero-order chi connectivity index (χ0) is 14.2. The molecule has 0 spiro atoms. The zero-order valence-electron chi connectivity index (χ0n) is 10.6. The van der Waals surface area contributed by atoms with Crippen molar-refractivity contribution in [2.24, 2.45) is 0 Å². The van der Waals surface area contributed by atoms with Gasteiger partial charge in [-0.1, -0.05) is 18.2 Å². The third kappa shape index (κ3) is 4.45. The minimum atomic E-state index is -0.607. The van der Waals surface area contributed by atoms with Crippen molar-refractivity contribution < 1.29 is 18.7 Å². The molecule has 0 saturated heterocycles. The average molecular weight is 271 g/mol. The molecular weight excluding hydrogens is 258 g/mol. The zero-order valence-corrected chi connectivity index (χ0v) is 10.6. The molecule has 0 saturated carbocycles. The molecule has 102 valence electrons. The van der Waals surface area contributed by atoms with E-state index >= 15 is 0 Å². The molecule has 20 heavy (non-hydrogen) atoms. The van der Waals surface area contributed by atoms with Crippen LogP contribution in [-0.4, -0.2) is 18.5 Å². The van der Waals surface area contributed by atoms with E-state index in [1.54, 1.807) is 36.4 Å². The Morgan fingerprint density at radius 3 is 2.65 bits per heavy atom. The minimum absolute atomic E-state index is 0.337. The summed E-state index contributed by atoms with van der Waals surface area (Å²) >= 11 is 0. The highest BCUT2D eigenvalue weighted by Crippen LogP contribution is 2.05. The van der Waals surface area contributed by atoms with Gasteiger partial charge < -0.3 is 14.5 Å². The van der Waals surface area contributed by atoms with Crippen LogP contribution in [0.3, 0.4) is 0 Å². The molecule has 0 aliphatic heterocycles. The molecular formula is C15H13NO4. The van der Waals surface area contributed by atoms with E-state index in [2.05, 4.69) is 5.32 Å². The van der Waals surface area contributed by atoms with E-state index in [-0.39, 0.29) is 6.61 Å². The van der Waals surface area contributed by atoms with Crippen molar-refractivity contribution in [3.8, 4) is 0 Å². The molecule has 1 N–H and O–H groups in total. The number of hydrogen-bond donors (Lipinski definition) is 1. The highest BCUT2D eigenvalue weighted by molar-refractivity contribution is 5.94. The van der Waals surface area contributed by atoms with Crippen LogP contribution >= 0.6 is 0 Å². The number of nitrogens with one attached hydrogen (secondary N) is 1. The van der Waals surface area contributed by atoms with Crippen molar-refractivity contribution in [2.45, 2.75) is 0 Å². The Morgan fingerprint density at radius 1 is 1.15 bits per heavy atom. The van der Waals surface area contributed by atoms with Gasteiger partial charge in [0, 0.05) is 11.8 Å². The van der Waals surface area contributed by atoms with Crippen LogP contribution in [0.5, 0.6) is 0 Å². The number of rotatable bonds is 5. The summed E-state index contributed by atoms with van der Waals surface area (Å²) in [5.41, 5.74) is 0.652. The molecule has 0 fully saturated rings. The van der Waals surface area contributed by atoms with E-state index in [4.69, 9.17) is 9.15 Å². The summed E-state index contributed by atoms with van der Waals surface area (Å²) in [6.45, 7) is -0.337. The Hall–Kier alpha value is -2.82. The molecule has 0 aliphatic rings. The highest BCUT2D eigenvalue weighted by atomic mass is 16.5. The summed E-state index contributed by atoms with van der Waals surface area (Å²) in [6, 6.07) is 12.3. The van der Waals surface area contributed by atoms with Crippen molar-refractivity contribution in [3.05, 3.63) is 60.6 Å². The molecule has 0 unspecified atom stereocenters.